The molecule has 0 aliphatic carbocycles. The van der Waals surface area contributed by atoms with Crippen molar-refractivity contribution >= 4 is 5.57 Å². The van der Waals surface area contributed by atoms with Gasteiger partial charge in [-0.05, 0) is 62.1 Å². The molecule has 0 aliphatic rings. The molecule has 0 nitrogen and oxygen atoms in total. The SMILES string of the molecule is Cc1ccc(C)c(C(=C=CCC(C)C)CCC(C)C)c1. The summed E-state index contributed by atoms with van der Waals surface area (Å²) in [5.74, 6) is 1.44. The number of hydrogen-bond acceptors (Lipinski definition) is 0. The van der Waals surface area contributed by atoms with Crippen molar-refractivity contribution in [3.8, 4) is 0 Å². The summed E-state index contributed by atoms with van der Waals surface area (Å²) in [4.78, 5) is 0. The fourth-order valence-corrected chi connectivity index (χ4v) is 2.20. The van der Waals surface area contributed by atoms with Gasteiger partial charge in [-0.1, -0.05) is 51.5 Å². The maximum atomic E-state index is 3.58. The summed E-state index contributed by atoms with van der Waals surface area (Å²) in [5.41, 5.74) is 9.03. The fraction of sp³-hybridized carbons (Fsp3) is 0.550. The molecule has 0 unspecified atom stereocenters. The lowest BCUT2D eigenvalue weighted by atomic mass is 9.93. The summed E-state index contributed by atoms with van der Waals surface area (Å²) in [6.45, 7) is 13.5. The topological polar surface area (TPSA) is 0 Å². The van der Waals surface area contributed by atoms with Gasteiger partial charge in [-0.2, -0.15) is 0 Å². The Kier molecular flexibility index (Phi) is 6.82. The molecular weight excluding hydrogens is 240 g/mol. The molecule has 0 spiro atoms. The molecule has 20 heavy (non-hydrogen) atoms. The second kappa shape index (κ2) is 8.12. The van der Waals surface area contributed by atoms with Crippen molar-refractivity contribution in [2.75, 3.05) is 0 Å². The van der Waals surface area contributed by atoms with Gasteiger partial charge in [-0.3, -0.25) is 0 Å². The van der Waals surface area contributed by atoms with Crippen LogP contribution >= 0.6 is 0 Å². The molecule has 0 aliphatic heterocycles. The highest BCUT2D eigenvalue weighted by molar-refractivity contribution is 5.68. The molecule has 0 radical (unpaired) electrons. The summed E-state index contributed by atoms with van der Waals surface area (Å²) in [7, 11) is 0. The van der Waals surface area contributed by atoms with E-state index in [0.29, 0.717) is 5.92 Å². The van der Waals surface area contributed by atoms with Crippen LogP contribution < -0.4 is 0 Å². The first kappa shape index (κ1) is 16.8. The minimum Gasteiger partial charge on any atom is -0.121 e. The predicted molar refractivity (Wildman–Crippen MR) is 90.9 cm³/mol. The smallest absolute Gasteiger partial charge is 0.00115 e. The minimum atomic E-state index is 0.701. The van der Waals surface area contributed by atoms with Crippen LogP contribution in [0.3, 0.4) is 0 Å². The molecule has 1 aromatic carbocycles. The van der Waals surface area contributed by atoms with E-state index in [0.717, 1.165) is 18.8 Å². The van der Waals surface area contributed by atoms with Crippen molar-refractivity contribution in [3.05, 3.63) is 46.7 Å². The Balaban J connectivity index is 3.09. The molecular formula is C20H30. The van der Waals surface area contributed by atoms with Crippen molar-refractivity contribution in [2.24, 2.45) is 11.8 Å². The highest BCUT2D eigenvalue weighted by atomic mass is 14.1. The predicted octanol–water partition coefficient (Wildman–Crippen LogP) is 6.32. The molecule has 0 N–H and O–H groups in total. The van der Waals surface area contributed by atoms with Crippen LogP contribution in [0.15, 0.2) is 30.0 Å². The van der Waals surface area contributed by atoms with Gasteiger partial charge in [0.15, 0.2) is 0 Å². The first-order valence-electron chi connectivity index (χ1n) is 7.91. The van der Waals surface area contributed by atoms with E-state index in [9.17, 15) is 0 Å². The van der Waals surface area contributed by atoms with E-state index >= 15 is 0 Å². The Morgan fingerprint density at radius 2 is 1.80 bits per heavy atom. The van der Waals surface area contributed by atoms with E-state index in [-0.39, 0.29) is 0 Å². The molecule has 0 fully saturated rings. The average Bonchev–Trinajstić information content (AvgIpc) is 2.36. The Morgan fingerprint density at radius 3 is 2.40 bits per heavy atom. The highest BCUT2D eigenvalue weighted by Crippen LogP contribution is 2.25. The molecule has 0 aromatic heterocycles. The lowest BCUT2D eigenvalue weighted by molar-refractivity contribution is 0.599. The third-order valence-corrected chi connectivity index (χ3v) is 3.56. The molecule has 110 valence electrons. The molecule has 0 bridgehead atoms. The molecule has 1 rings (SSSR count). The van der Waals surface area contributed by atoms with Gasteiger partial charge in [0.05, 0.1) is 0 Å². The van der Waals surface area contributed by atoms with E-state index in [1.165, 1.54) is 28.7 Å². The monoisotopic (exact) mass is 270 g/mol. The zero-order valence-corrected chi connectivity index (χ0v) is 14.1. The normalized spacial score (nSPS) is 10.8. The lowest BCUT2D eigenvalue weighted by Crippen LogP contribution is -1.93. The Bertz CT molecular complexity index is 483. The van der Waals surface area contributed by atoms with Crippen LogP contribution in [0.25, 0.3) is 5.57 Å². The van der Waals surface area contributed by atoms with E-state index < -0.39 is 0 Å². The lowest BCUT2D eigenvalue weighted by Gasteiger charge is -2.11. The van der Waals surface area contributed by atoms with E-state index in [4.69, 9.17) is 0 Å². The van der Waals surface area contributed by atoms with Gasteiger partial charge in [0.25, 0.3) is 0 Å². The summed E-state index contributed by atoms with van der Waals surface area (Å²) in [5, 5.41) is 0. The second-order valence-electron chi connectivity index (χ2n) is 6.71. The Hall–Kier alpha value is -1.26. The fourth-order valence-electron chi connectivity index (χ4n) is 2.20. The maximum Gasteiger partial charge on any atom is 0.00115 e. The van der Waals surface area contributed by atoms with Gasteiger partial charge in [0.2, 0.25) is 0 Å². The molecule has 0 saturated heterocycles. The summed E-state index contributed by atoms with van der Waals surface area (Å²) in [6, 6.07) is 6.72. The minimum absolute atomic E-state index is 0.701. The van der Waals surface area contributed by atoms with Crippen LogP contribution in [0.1, 0.15) is 63.6 Å². The zero-order valence-electron chi connectivity index (χ0n) is 14.1. The molecule has 0 heteroatoms. The number of rotatable bonds is 6. The largest absolute Gasteiger partial charge is 0.121 e. The van der Waals surface area contributed by atoms with E-state index in [2.05, 4.69) is 71.5 Å². The molecule has 1 aromatic rings. The standard InChI is InChI=1S/C20H30/c1-15(2)8-7-9-19(13-10-16(3)4)20-14-17(5)11-12-18(20)6/h7,11-12,14-16H,8,10,13H2,1-6H3. The summed E-state index contributed by atoms with van der Waals surface area (Å²) >= 11 is 0. The van der Waals surface area contributed by atoms with Crippen molar-refractivity contribution in [1.29, 1.82) is 0 Å². The van der Waals surface area contributed by atoms with Crippen molar-refractivity contribution in [1.82, 2.24) is 0 Å². The first-order valence-corrected chi connectivity index (χ1v) is 7.91. The van der Waals surface area contributed by atoms with Crippen LogP contribution in [0.5, 0.6) is 0 Å². The van der Waals surface area contributed by atoms with Gasteiger partial charge in [0, 0.05) is 5.57 Å². The van der Waals surface area contributed by atoms with Gasteiger partial charge in [-0.25, -0.2) is 0 Å². The van der Waals surface area contributed by atoms with Gasteiger partial charge in [-0.15, -0.1) is 5.73 Å². The maximum absolute atomic E-state index is 3.58. The van der Waals surface area contributed by atoms with Crippen LogP contribution in [-0.2, 0) is 0 Å². The molecule has 0 saturated carbocycles. The number of aryl methyl sites for hydroxylation is 2. The van der Waals surface area contributed by atoms with Gasteiger partial charge < -0.3 is 0 Å². The second-order valence-corrected chi connectivity index (χ2v) is 6.71. The van der Waals surface area contributed by atoms with Gasteiger partial charge in [0.1, 0.15) is 0 Å². The van der Waals surface area contributed by atoms with Crippen molar-refractivity contribution in [3.63, 3.8) is 0 Å². The average molecular weight is 270 g/mol. The molecule has 0 heterocycles. The van der Waals surface area contributed by atoms with Crippen LogP contribution in [-0.4, -0.2) is 0 Å². The third kappa shape index (κ3) is 5.80. The summed E-state index contributed by atoms with van der Waals surface area (Å²) in [6.07, 6.45) is 5.68. The van der Waals surface area contributed by atoms with E-state index in [1.807, 2.05) is 0 Å². The van der Waals surface area contributed by atoms with Crippen LogP contribution in [0.4, 0.5) is 0 Å². The number of benzene rings is 1. The highest BCUT2D eigenvalue weighted by Gasteiger charge is 2.06. The summed E-state index contributed by atoms with van der Waals surface area (Å²) < 4.78 is 0. The van der Waals surface area contributed by atoms with Crippen molar-refractivity contribution in [2.45, 2.75) is 60.8 Å². The number of hydrogen-bond donors (Lipinski definition) is 0. The molecule has 0 amide bonds. The third-order valence-electron chi connectivity index (χ3n) is 3.56. The quantitative estimate of drug-likeness (QED) is 0.530. The number of allylic oxidation sites excluding steroid dienone is 1. The molecule has 0 atom stereocenters. The van der Waals surface area contributed by atoms with Gasteiger partial charge >= 0.3 is 0 Å². The van der Waals surface area contributed by atoms with Crippen LogP contribution in [0, 0.1) is 25.7 Å². The van der Waals surface area contributed by atoms with Crippen LogP contribution in [0.2, 0.25) is 0 Å². The Labute approximate surface area is 125 Å². The van der Waals surface area contributed by atoms with E-state index in [1.54, 1.807) is 0 Å². The zero-order chi connectivity index (χ0) is 15.1. The first-order chi connectivity index (χ1) is 9.40. The van der Waals surface area contributed by atoms with Crippen molar-refractivity contribution < 1.29 is 0 Å². The Morgan fingerprint density at radius 1 is 1.10 bits per heavy atom.